The Morgan fingerprint density at radius 2 is 1.59 bits per heavy atom. The molecule has 1 atom stereocenters. The predicted molar refractivity (Wildman–Crippen MR) is 75.4 cm³/mol. The van der Waals surface area contributed by atoms with Crippen LogP contribution in [0.4, 0.5) is 0 Å². The molecular formula is C15H31N2+. The van der Waals surface area contributed by atoms with E-state index in [4.69, 9.17) is 0 Å². The first-order valence-electron chi connectivity index (χ1n) is 7.40. The summed E-state index contributed by atoms with van der Waals surface area (Å²) in [6.45, 7) is 4.73. The molecule has 0 fully saturated rings. The van der Waals surface area contributed by atoms with Gasteiger partial charge in [-0.3, -0.25) is 4.48 Å². The number of rotatable bonds is 9. The van der Waals surface area contributed by atoms with Crippen molar-refractivity contribution in [1.82, 2.24) is 4.90 Å². The Morgan fingerprint density at radius 1 is 1.00 bits per heavy atom. The number of hydrogen-bond donors (Lipinski definition) is 0. The largest absolute Gasteiger partial charge is 0.329 e. The molecule has 0 radical (unpaired) electrons. The molecule has 0 bridgehead atoms. The summed E-state index contributed by atoms with van der Waals surface area (Å²) in [5, 5.41) is 0. The molecule has 2 heteroatoms. The molecule has 0 aromatic rings. The van der Waals surface area contributed by atoms with Gasteiger partial charge in [-0.15, -0.1) is 0 Å². The average molecular weight is 239 g/mol. The molecule has 0 saturated heterocycles. The Hall–Kier alpha value is -0.500. The van der Waals surface area contributed by atoms with E-state index in [9.17, 15) is 0 Å². The Labute approximate surface area is 108 Å². The second kappa shape index (κ2) is 7.75. The lowest BCUT2D eigenvalue weighted by Gasteiger charge is -2.27. The van der Waals surface area contributed by atoms with Crippen LogP contribution >= 0.6 is 0 Å². The van der Waals surface area contributed by atoms with Crippen molar-refractivity contribution in [3.8, 4) is 0 Å². The Balaban J connectivity index is 1.92. The van der Waals surface area contributed by atoms with E-state index in [-0.39, 0.29) is 0 Å². The smallest absolute Gasteiger partial charge is 0.158 e. The SMILES string of the molecule is CCCCCCCCCC[N+]1(C)C=CN(C)C1. The van der Waals surface area contributed by atoms with Crippen molar-refractivity contribution < 1.29 is 4.48 Å². The molecule has 0 aromatic carbocycles. The van der Waals surface area contributed by atoms with Gasteiger partial charge in [-0.25, -0.2) is 0 Å². The fourth-order valence-electron chi connectivity index (χ4n) is 2.63. The summed E-state index contributed by atoms with van der Waals surface area (Å²) in [4.78, 5) is 2.28. The Bertz CT molecular complexity index is 225. The normalized spacial score (nSPS) is 23.6. The number of nitrogens with zero attached hydrogens (tertiary/aromatic N) is 2. The summed E-state index contributed by atoms with van der Waals surface area (Å²) in [6, 6.07) is 0. The summed E-state index contributed by atoms with van der Waals surface area (Å²) in [5.74, 6) is 0. The fraction of sp³-hybridized carbons (Fsp3) is 0.867. The maximum Gasteiger partial charge on any atom is 0.158 e. The molecule has 0 aliphatic carbocycles. The Morgan fingerprint density at radius 3 is 2.12 bits per heavy atom. The van der Waals surface area contributed by atoms with Crippen molar-refractivity contribution in [3.05, 3.63) is 12.4 Å². The molecule has 1 aliphatic rings. The first kappa shape index (κ1) is 14.6. The van der Waals surface area contributed by atoms with Gasteiger partial charge >= 0.3 is 0 Å². The zero-order valence-corrected chi connectivity index (χ0v) is 12.1. The predicted octanol–water partition coefficient (Wildman–Crippen LogP) is 3.95. The van der Waals surface area contributed by atoms with E-state index in [0.717, 1.165) is 11.2 Å². The topological polar surface area (TPSA) is 3.24 Å². The van der Waals surface area contributed by atoms with Gasteiger partial charge in [-0.05, 0) is 12.8 Å². The molecule has 100 valence electrons. The third-order valence-electron chi connectivity index (χ3n) is 3.75. The molecule has 1 aliphatic heterocycles. The first-order valence-corrected chi connectivity index (χ1v) is 7.40. The van der Waals surface area contributed by atoms with Gasteiger partial charge in [0.05, 0.1) is 19.8 Å². The molecule has 1 heterocycles. The summed E-state index contributed by atoms with van der Waals surface area (Å²) < 4.78 is 1.10. The van der Waals surface area contributed by atoms with E-state index in [1.807, 2.05) is 0 Å². The van der Waals surface area contributed by atoms with Crippen molar-refractivity contribution in [3.63, 3.8) is 0 Å². The molecule has 1 rings (SSSR count). The first-order chi connectivity index (χ1) is 8.16. The minimum Gasteiger partial charge on any atom is -0.329 e. The van der Waals surface area contributed by atoms with Crippen LogP contribution in [0.25, 0.3) is 0 Å². The van der Waals surface area contributed by atoms with E-state index < -0.39 is 0 Å². The lowest BCUT2D eigenvalue weighted by molar-refractivity contribution is -0.861. The number of hydrogen-bond acceptors (Lipinski definition) is 1. The zero-order valence-electron chi connectivity index (χ0n) is 12.1. The second-order valence-electron chi connectivity index (χ2n) is 5.87. The van der Waals surface area contributed by atoms with E-state index in [1.165, 1.54) is 57.9 Å². The maximum absolute atomic E-state index is 2.33. The van der Waals surface area contributed by atoms with E-state index in [1.54, 1.807) is 0 Å². The highest BCUT2D eigenvalue weighted by Crippen LogP contribution is 2.16. The fourth-order valence-corrected chi connectivity index (χ4v) is 2.63. The van der Waals surface area contributed by atoms with Gasteiger partial charge in [0.2, 0.25) is 0 Å². The third-order valence-corrected chi connectivity index (χ3v) is 3.75. The van der Waals surface area contributed by atoms with E-state index >= 15 is 0 Å². The molecule has 1 unspecified atom stereocenters. The van der Waals surface area contributed by atoms with Crippen LogP contribution in [0.2, 0.25) is 0 Å². The minimum absolute atomic E-state index is 1.10. The van der Waals surface area contributed by atoms with Crippen molar-refractivity contribution in [2.75, 3.05) is 27.3 Å². The summed E-state index contributed by atoms with van der Waals surface area (Å²) in [6.07, 6.45) is 15.9. The van der Waals surface area contributed by atoms with E-state index in [0.29, 0.717) is 0 Å². The molecule has 17 heavy (non-hydrogen) atoms. The van der Waals surface area contributed by atoms with Gasteiger partial charge in [0.1, 0.15) is 6.20 Å². The standard InChI is InChI=1S/C15H31N2/c1-4-5-6-7-8-9-10-11-13-17(3)14-12-16(2)15-17/h12,14H,4-11,13,15H2,1-3H3/q+1. The van der Waals surface area contributed by atoms with Crippen LogP contribution in [0.3, 0.4) is 0 Å². The second-order valence-corrected chi connectivity index (χ2v) is 5.87. The lowest BCUT2D eigenvalue weighted by atomic mass is 10.1. The third kappa shape index (κ3) is 6.11. The van der Waals surface area contributed by atoms with Crippen LogP contribution in [0.15, 0.2) is 12.4 Å². The van der Waals surface area contributed by atoms with Gasteiger partial charge in [-0.1, -0.05) is 45.4 Å². The van der Waals surface area contributed by atoms with Crippen molar-refractivity contribution in [2.24, 2.45) is 0 Å². The monoisotopic (exact) mass is 239 g/mol. The lowest BCUT2D eigenvalue weighted by Crippen LogP contribution is -2.40. The molecule has 0 N–H and O–H groups in total. The van der Waals surface area contributed by atoms with Gasteiger partial charge in [0.15, 0.2) is 6.67 Å². The highest BCUT2D eigenvalue weighted by Gasteiger charge is 2.24. The van der Waals surface area contributed by atoms with Crippen molar-refractivity contribution >= 4 is 0 Å². The van der Waals surface area contributed by atoms with Crippen molar-refractivity contribution in [2.45, 2.75) is 58.3 Å². The molecule has 0 saturated carbocycles. The van der Waals surface area contributed by atoms with Crippen LogP contribution in [0.1, 0.15) is 58.3 Å². The molecule has 0 amide bonds. The van der Waals surface area contributed by atoms with Crippen LogP contribution in [0, 0.1) is 0 Å². The number of quaternary nitrogens is 1. The van der Waals surface area contributed by atoms with Crippen LogP contribution < -0.4 is 0 Å². The highest BCUT2D eigenvalue weighted by atomic mass is 15.4. The minimum atomic E-state index is 1.10. The van der Waals surface area contributed by atoms with Gasteiger partial charge in [-0.2, -0.15) is 0 Å². The van der Waals surface area contributed by atoms with Gasteiger partial charge < -0.3 is 4.90 Å². The molecule has 2 nitrogen and oxygen atoms in total. The zero-order chi connectivity index (χ0) is 12.6. The number of unbranched alkanes of at least 4 members (excludes halogenated alkanes) is 7. The van der Waals surface area contributed by atoms with Gasteiger partial charge in [0.25, 0.3) is 0 Å². The molecule has 0 aromatic heterocycles. The quantitative estimate of drug-likeness (QED) is 0.435. The van der Waals surface area contributed by atoms with Crippen LogP contribution in [-0.2, 0) is 0 Å². The van der Waals surface area contributed by atoms with Crippen molar-refractivity contribution in [1.29, 1.82) is 0 Å². The Kier molecular flexibility index (Phi) is 6.64. The summed E-state index contributed by atoms with van der Waals surface area (Å²) in [5.41, 5.74) is 0. The summed E-state index contributed by atoms with van der Waals surface area (Å²) >= 11 is 0. The summed E-state index contributed by atoms with van der Waals surface area (Å²) in [7, 11) is 4.50. The van der Waals surface area contributed by atoms with E-state index in [2.05, 4.69) is 38.3 Å². The molecule has 0 spiro atoms. The maximum atomic E-state index is 2.33. The highest BCUT2D eigenvalue weighted by molar-refractivity contribution is 4.78. The molecular weight excluding hydrogens is 208 g/mol. The average Bonchev–Trinajstić information content (AvgIpc) is 2.63. The van der Waals surface area contributed by atoms with Gasteiger partial charge in [0, 0.05) is 7.05 Å². The van der Waals surface area contributed by atoms with Crippen LogP contribution in [0.5, 0.6) is 0 Å². The van der Waals surface area contributed by atoms with Crippen LogP contribution in [-0.4, -0.2) is 36.7 Å².